The Balaban J connectivity index is 1.26. The van der Waals surface area contributed by atoms with Gasteiger partial charge in [0.15, 0.2) is 0 Å². The van der Waals surface area contributed by atoms with Crippen molar-refractivity contribution in [3.8, 4) is 0 Å². The molecule has 3 aromatic rings. The molecule has 33 heavy (non-hydrogen) atoms. The summed E-state index contributed by atoms with van der Waals surface area (Å²) in [5, 5.41) is 0. The highest BCUT2D eigenvalue weighted by molar-refractivity contribution is 5.89. The third-order valence-corrected chi connectivity index (χ3v) is 8.22. The van der Waals surface area contributed by atoms with E-state index in [1.54, 1.807) is 12.1 Å². The average Bonchev–Trinajstić information content (AvgIpc) is 3.42. The van der Waals surface area contributed by atoms with Crippen molar-refractivity contribution < 1.29 is 13.9 Å². The number of rotatable bonds is 4. The molecule has 0 N–H and O–H groups in total. The zero-order valence-corrected chi connectivity index (χ0v) is 18.8. The Bertz CT molecular complexity index is 1150. The fourth-order valence-electron chi connectivity index (χ4n) is 6.66. The highest BCUT2D eigenvalue weighted by Crippen LogP contribution is 2.45. The summed E-state index contributed by atoms with van der Waals surface area (Å²) in [7, 11) is 0. The fraction of sp³-hybridized carbons (Fsp3) is 0.481. The zero-order chi connectivity index (χ0) is 22.4. The molecule has 2 bridgehead atoms. The summed E-state index contributed by atoms with van der Waals surface area (Å²) in [6.07, 6.45) is 12.0. The molecule has 2 aromatic heterocycles. The molecule has 172 valence electrons. The first-order valence-electron chi connectivity index (χ1n) is 12.2. The molecule has 3 aliphatic heterocycles. The van der Waals surface area contributed by atoms with Crippen molar-refractivity contribution in [2.75, 3.05) is 13.2 Å². The summed E-state index contributed by atoms with van der Waals surface area (Å²) < 4.78 is 22.7. The summed E-state index contributed by atoms with van der Waals surface area (Å²) in [4.78, 5) is 21.0. The Hall–Kier alpha value is -2.73. The lowest BCUT2D eigenvalue weighted by Gasteiger charge is -2.46. The van der Waals surface area contributed by atoms with Crippen molar-refractivity contribution in [2.45, 2.75) is 62.4 Å². The molecule has 0 radical (unpaired) electrons. The van der Waals surface area contributed by atoms with E-state index in [2.05, 4.69) is 32.6 Å². The first-order chi connectivity index (χ1) is 16.2. The lowest BCUT2D eigenvalue weighted by Crippen LogP contribution is -2.56. The Kier molecular flexibility index (Phi) is 5.21. The highest BCUT2D eigenvalue weighted by atomic mass is 19.1. The van der Waals surface area contributed by atoms with Crippen LogP contribution in [0.15, 0.2) is 55.0 Å². The number of fused-ring (bicyclic) bond motifs is 3. The number of nitrogens with zero attached hydrogens (tertiary/aromatic N) is 3. The Labute approximate surface area is 193 Å². The fourth-order valence-corrected chi connectivity index (χ4v) is 6.66. The van der Waals surface area contributed by atoms with Gasteiger partial charge in [-0.15, -0.1) is 0 Å². The summed E-state index contributed by atoms with van der Waals surface area (Å²) in [5.41, 5.74) is 2.04. The highest BCUT2D eigenvalue weighted by Gasteiger charge is 2.52. The average molecular weight is 448 g/mol. The summed E-state index contributed by atoms with van der Waals surface area (Å²) >= 11 is 0. The first kappa shape index (κ1) is 20.8. The normalized spacial score (nSPS) is 26.6. The number of carbonyl (C=O) groups excluding carboxylic acids is 1. The van der Waals surface area contributed by atoms with Crippen LogP contribution >= 0.6 is 0 Å². The lowest BCUT2D eigenvalue weighted by atomic mass is 9.71. The van der Waals surface area contributed by atoms with Crippen LogP contribution < -0.4 is 0 Å². The van der Waals surface area contributed by atoms with Crippen molar-refractivity contribution in [2.24, 2.45) is 5.92 Å². The number of hydrogen-bond donors (Lipinski definition) is 0. The minimum atomic E-state index is -0.809. The SMILES string of the molecule is O=C(N1C2CCC1CC(Cc1nccn3cccc13)C2)C1(c2ccccc2F)CCOCC1. The number of piperidine rings is 1. The van der Waals surface area contributed by atoms with Gasteiger partial charge in [0, 0.05) is 49.5 Å². The number of benzene rings is 1. The van der Waals surface area contributed by atoms with Gasteiger partial charge in [-0.1, -0.05) is 18.2 Å². The molecular weight excluding hydrogens is 417 g/mol. The van der Waals surface area contributed by atoms with Gasteiger partial charge in [0.2, 0.25) is 5.91 Å². The molecule has 5 nitrogen and oxygen atoms in total. The molecule has 0 aliphatic carbocycles. The number of hydrogen-bond acceptors (Lipinski definition) is 3. The van der Waals surface area contributed by atoms with Crippen LogP contribution in [0, 0.1) is 11.7 Å². The predicted octanol–water partition coefficient (Wildman–Crippen LogP) is 4.53. The number of amides is 1. The van der Waals surface area contributed by atoms with Gasteiger partial charge in [0.25, 0.3) is 0 Å². The second-order valence-electron chi connectivity index (χ2n) is 9.99. The molecule has 1 aromatic carbocycles. The van der Waals surface area contributed by atoms with Gasteiger partial charge in [-0.05, 0) is 69.1 Å². The van der Waals surface area contributed by atoms with E-state index < -0.39 is 5.41 Å². The third kappa shape index (κ3) is 3.46. The zero-order valence-electron chi connectivity index (χ0n) is 18.8. The van der Waals surface area contributed by atoms with E-state index in [-0.39, 0.29) is 23.8 Å². The van der Waals surface area contributed by atoms with Crippen molar-refractivity contribution >= 4 is 11.4 Å². The van der Waals surface area contributed by atoms with E-state index in [4.69, 9.17) is 4.74 Å². The van der Waals surface area contributed by atoms with Crippen LogP contribution in [0.1, 0.15) is 49.8 Å². The molecule has 2 atom stereocenters. The predicted molar refractivity (Wildman–Crippen MR) is 123 cm³/mol. The van der Waals surface area contributed by atoms with Gasteiger partial charge in [-0.25, -0.2) is 4.39 Å². The molecule has 0 spiro atoms. The maximum absolute atomic E-state index is 14.9. The topological polar surface area (TPSA) is 46.8 Å². The van der Waals surface area contributed by atoms with Crippen LogP contribution in [0.4, 0.5) is 4.39 Å². The summed E-state index contributed by atoms with van der Waals surface area (Å²) in [6, 6.07) is 11.5. The molecule has 3 aliphatic rings. The second kappa shape index (κ2) is 8.24. The van der Waals surface area contributed by atoms with E-state index in [0.29, 0.717) is 37.5 Å². The molecule has 3 saturated heterocycles. The maximum atomic E-state index is 14.9. The van der Waals surface area contributed by atoms with Crippen molar-refractivity contribution in [1.29, 1.82) is 0 Å². The smallest absolute Gasteiger partial charge is 0.234 e. The minimum Gasteiger partial charge on any atom is -0.381 e. The lowest BCUT2D eigenvalue weighted by molar-refractivity contribution is -0.147. The Morgan fingerprint density at radius 2 is 1.82 bits per heavy atom. The van der Waals surface area contributed by atoms with E-state index in [0.717, 1.165) is 37.8 Å². The largest absolute Gasteiger partial charge is 0.381 e. The van der Waals surface area contributed by atoms with Crippen molar-refractivity contribution in [3.63, 3.8) is 0 Å². The quantitative estimate of drug-likeness (QED) is 0.590. The van der Waals surface area contributed by atoms with Crippen LogP contribution in [0.2, 0.25) is 0 Å². The molecule has 3 fully saturated rings. The monoisotopic (exact) mass is 447 g/mol. The van der Waals surface area contributed by atoms with Crippen LogP contribution in [-0.4, -0.2) is 45.5 Å². The summed E-state index contributed by atoms with van der Waals surface area (Å²) in [6.45, 7) is 0.998. The summed E-state index contributed by atoms with van der Waals surface area (Å²) in [5.74, 6) is 0.356. The van der Waals surface area contributed by atoms with Crippen LogP contribution in [-0.2, 0) is 21.4 Å². The third-order valence-electron chi connectivity index (χ3n) is 8.22. The molecule has 5 heterocycles. The maximum Gasteiger partial charge on any atom is 0.234 e. The van der Waals surface area contributed by atoms with E-state index >= 15 is 0 Å². The first-order valence-corrected chi connectivity index (χ1v) is 12.2. The number of carbonyl (C=O) groups is 1. The van der Waals surface area contributed by atoms with Gasteiger partial charge in [-0.2, -0.15) is 0 Å². The van der Waals surface area contributed by atoms with Crippen molar-refractivity contribution in [1.82, 2.24) is 14.3 Å². The number of halogens is 1. The van der Waals surface area contributed by atoms with Gasteiger partial charge in [-0.3, -0.25) is 9.78 Å². The Morgan fingerprint density at radius 1 is 1.06 bits per heavy atom. The molecule has 6 heteroatoms. The number of aromatic nitrogens is 2. The van der Waals surface area contributed by atoms with Gasteiger partial charge < -0.3 is 14.0 Å². The van der Waals surface area contributed by atoms with Crippen molar-refractivity contribution in [3.05, 3.63) is 72.1 Å². The van der Waals surface area contributed by atoms with E-state index in [1.165, 1.54) is 11.6 Å². The van der Waals surface area contributed by atoms with Crippen LogP contribution in [0.25, 0.3) is 5.52 Å². The van der Waals surface area contributed by atoms with Gasteiger partial charge in [0.05, 0.1) is 16.6 Å². The van der Waals surface area contributed by atoms with Crippen LogP contribution in [0.5, 0.6) is 0 Å². The Morgan fingerprint density at radius 3 is 2.58 bits per heavy atom. The molecule has 0 saturated carbocycles. The van der Waals surface area contributed by atoms with E-state index in [1.807, 2.05) is 18.5 Å². The molecule has 6 rings (SSSR count). The van der Waals surface area contributed by atoms with Gasteiger partial charge >= 0.3 is 0 Å². The molecule has 2 unspecified atom stereocenters. The minimum absolute atomic E-state index is 0.119. The standard InChI is InChI=1S/C27H30FN3O2/c28-23-5-2-1-4-22(23)27(9-14-33-15-10-27)26(32)31-20-7-8-21(31)17-19(16-20)18-24-25-6-3-12-30(25)13-11-29-24/h1-6,11-13,19-21H,7-10,14-18H2. The van der Waals surface area contributed by atoms with Gasteiger partial charge in [0.1, 0.15) is 5.82 Å². The number of ether oxygens (including phenoxy) is 1. The second-order valence-corrected chi connectivity index (χ2v) is 9.99. The van der Waals surface area contributed by atoms with Crippen LogP contribution in [0.3, 0.4) is 0 Å². The van der Waals surface area contributed by atoms with E-state index in [9.17, 15) is 9.18 Å². The molecular formula is C27H30FN3O2. The molecule has 1 amide bonds.